The van der Waals surface area contributed by atoms with Gasteiger partial charge in [0, 0.05) is 17.8 Å². The Labute approximate surface area is 114 Å². The number of rotatable bonds is 3. The van der Waals surface area contributed by atoms with Crippen LogP contribution in [0.4, 0.5) is 11.4 Å². The number of nitro groups is 1. The molecule has 18 heavy (non-hydrogen) atoms. The first kappa shape index (κ1) is 13.5. The van der Waals surface area contributed by atoms with E-state index in [1.54, 1.807) is 12.1 Å². The Morgan fingerprint density at radius 1 is 1.17 bits per heavy atom. The minimum Gasteiger partial charge on any atom is -0.317 e. The highest BCUT2D eigenvalue weighted by molar-refractivity contribution is 8.00. The second-order valence-electron chi connectivity index (χ2n) is 3.88. The van der Waals surface area contributed by atoms with E-state index >= 15 is 0 Å². The van der Waals surface area contributed by atoms with Gasteiger partial charge in [-0.15, -0.1) is 23.5 Å². The molecular weight excluding hydrogens is 270 g/mol. The van der Waals surface area contributed by atoms with Gasteiger partial charge in [0.1, 0.15) is 0 Å². The number of non-ortho nitro benzene ring substituents is 1. The topological polar surface area (TPSA) is 58.4 Å². The maximum atomic E-state index is 10.6. The van der Waals surface area contributed by atoms with E-state index in [1.807, 2.05) is 23.5 Å². The number of benzene rings is 1. The molecule has 0 radical (unpaired) electrons. The lowest BCUT2D eigenvalue weighted by atomic mass is 10.3. The Kier molecular flexibility index (Phi) is 5.15. The number of hydrazine groups is 1. The molecule has 1 aliphatic rings. The summed E-state index contributed by atoms with van der Waals surface area (Å²) in [6.07, 6.45) is 1.26. The monoisotopic (exact) mass is 285 g/mol. The van der Waals surface area contributed by atoms with Gasteiger partial charge < -0.3 is 5.43 Å². The Morgan fingerprint density at radius 2 is 1.78 bits per heavy atom. The quantitative estimate of drug-likeness (QED) is 0.680. The first-order chi connectivity index (χ1) is 8.75. The first-order valence-corrected chi connectivity index (χ1v) is 7.98. The molecule has 1 aromatic carbocycles. The Morgan fingerprint density at radius 3 is 2.33 bits per heavy atom. The third-order valence-corrected chi connectivity index (χ3v) is 4.58. The van der Waals surface area contributed by atoms with Crippen LogP contribution in [0.2, 0.25) is 0 Å². The molecule has 0 unspecified atom stereocenters. The number of nitrogens with one attached hydrogen (secondary N) is 1. The number of nitro benzene ring substituents is 1. The third kappa shape index (κ3) is 4.08. The van der Waals surface area contributed by atoms with E-state index in [0.29, 0.717) is 0 Å². The summed E-state index contributed by atoms with van der Waals surface area (Å²) in [5.41, 5.74) is 4.30. The highest BCUT2D eigenvalue weighted by Gasteiger charge is 2.09. The van der Waals surface area contributed by atoms with Crippen molar-refractivity contribution in [2.75, 3.05) is 28.7 Å². The molecule has 0 saturated carbocycles. The van der Waals surface area contributed by atoms with Crippen molar-refractivity contribution >= 4 is 34.9 Å². The summed E-state index contributed by atoms with van der Waals surface area (Å²) in [7, 11) is 0. The molecule has 1 saturated heterocycles. The van der Waals surface area contributed by atoms with Gasteiger partial charge in [-0.2, -0.15) is 0 Å². The molecule has 0 atom stereocenters. The van der Waals surface area contributed by atoms with Crippen LogP contribution in [-0.4, -0.2) is 33.2 Å². The zero-order valence-electron chi connectivity index (χ0n) is 9.87. The fourth-order valence-corrected chi connectivity index (χ4v) is 3.56. The van der Waals surface area contributed by atoms with Crippen molar-refractivity contribution in [3.05, 3.63) is 34.4 Å². The summed E-state index contributed by atoms with van der Waals surface area (Å²) in [6.45, 7) is 0. The molecule has 7 heteroatoms. The van der Waals surface area contributed by atoms with Crippen LogP contribution in [0.15, 0.2) is 24.3 Å². The molecule has 0 bridgehead atoms. The predicted octanol–water partition coefficient (Wildman–Crippen LogP) is 3.01. The Bertz CT molecular complexity index is 392. The Hall–Kier alpha value is -0.920. The van der Waals surface area contributed by atoms with E-state index in [-0.39, 0.29) is 10.6 Å². The van der Waals surface area contributed by atoms with Gasteiger partial charge in [0.05, 0.1) is 16.7 Å². The van der Waals surface area contributed by atoms with Gasteiger partial charge in [-0.25, -0.2) is 5.01 Å². The molecule has 2 rings (SSSR count). The van der Waals surface area contributed by atoms with Gasteiger partial charge in [0.15, 0.2) is 0 Å². The van der Waals surface area contributed by atoms with Crippen molar-refractivity contribution in [1.82, 2.24) is 5.01 Å². The normalized spacial score (nSPS) is 17.8. The molecule has 0 spiro atoms. The SMILES string of the molecule is O=[N+]([O-])c1ccc(NN2CSCCCSC2)cc1. The summed E-state index contributed by atoms with van der Waals surface area (Å²) >= 11 is 3.81. The molecular formula is C11H15N3O2S2. The number of thioether (sulfide) groups is 2. The fraction of sp³-hybridized carbons (Fsp3) is 0.455. The van der Waals surface area contributed by atoms with E-state index in [0.717, 1.165) is 17.4 Å². The van der Waals surface area contributed by atoms with Gasteiger partial charge >= 0.3 is 0 Å². The third-order valence-electron chi connectivity index (χ3n) is 2.44. The summed E-state index contributed by atoms with van der Waals surface area (Å²) in [5.74, 6) is 4.24. The summed E-state index contributed by atoms with van der Waals surface area (Å²) in [5, 5.41) is 12.7. The zero-order valence-corrected chi connectivity index (χ0v) is 11.5. The molecule has 1 heterocycles. The van der Waals surface area contributed by atoms with Gasteiger partial charge in [-0.3, -0.25) is 10.1 Å². The van der Waals surface area contributed by atoms with Crippen LogP contribution in [0.3, 0.4) is 0 Å². The van der Waals surface area contributed by atoms with Gasteiger partial charge in [-0.1, -0.05) is 0 Å². The van der Waals surface area contributed by atoms with Crippen LogP contribution in [0.5, 0.6) is 0 Å². The van der Waals surface area contributed by atoms with Crippen LogP contribution in [-0.2, 0) is 0 Å². The molecule has 98 valence electrons. The fourth-order valence-electron chi connectivity index (χ4n) is 1.55. The average Bonchev–Trinajstić information content (AvgIpc) is 2.33. The van der Waals surface area contributed by atoms with Crippen LogP contribution in [0.1, 0.15) is 6.42 Å². The van der Waals surface area contributed by atoms with Crippen molar-refractivity contribution < 1.29 is 4.92 Å². The average molecular weight is 285 g/mol. The molecule has 1 fully saturated rings. The lowest BCUT2D eigenvalue weighted by Crippen LogP contribution is -2.30. The first-order valence-electron chi connectivity index (χ1n) is 5.67. The minimum absolute atomic E-state index is 0.122. The summed E-state index contributed by atoms with van der Waals surface area (Å²) in [6, 6.07) is 6.53. The lowest BCUT2D eigenvalue weighted by Gasteiger charge is -2.25. The molecule has 0 aliphatic carbocycles. The molecule has 1 aliphatic heterocycles. The van der Waals surface area contributed by atoms with E-state index in [4.69, 9.17) is 0 Å². The van der Waals surface area contributed by atoms with Crippen molar-refractivity contribution in [1.29, 1.82) is 0 Å². The highest BCUT2D eigenvalue weighted by atomic mass is 32.2. The van der Waals surface area contributed by atoms with Gasteiger partial charge in [-0.05, 0) is 30.1 Å². The number of anilines is 1. The lowest BCUT2D eigenvalue weighted by molar-refractivity contribution is -0.384. The molecule has 0 aromatic heterocycles. The maximum absolute atomic E-state index is 10.6. The van der Waals surface area contributed by atoms with E-state index < -0.39 is 0 Å². The van der Waals surface area contributed by atoms with E-state index in [1.165, 1.54) is 30.1 Å². The minimum atomic E-state index is -0.383. The molecule has 5 nitrogen and oxygen atoms in total. The number of nitrogens with zero attached hydrogens (tertiary/aromatic N) is 2. The van der Waals surface area contributed by atoms with Crippen LogP contribution < -0.4 is 5.43 Å². The summed E-state index contributed by atoms with van der Waals surface area (Å²) in [4.78, 5) is 10.2. The highest BCUT2D eigenvalue weighted by Crippen LogP contribution is 2.20. The largest absolute Gasteiger partial charge is 0.317 e. The smallest absolute Gasteiger partial charge is 0.269 e. The Balaban J connectivity index is 1.92. The van der Waals surface area contributed by atoms with Crippen LogP contribution in [0, 0.1) is 10.1 Å². The van der Waals surface area contributed by atoms with Gasteiger partial charge in [0.25, 0.3) is 5.69 Å². The van der Waals surface area contributed by atoms with Crippen LogP contribution >= 0.6 is 23.5 Å². The standard InChI is InChI=1S/C11H15N3O2S2/c15-14(16)11-4-2-10(3-5-11)12-13-8-17-6-1-7-18-9-13/h2-5,12H,1,6-9H2. The maximum Gasteiger partial charge on any atom is 0.269 e. The van der Waals surface area contributed by atoms with Crippen molar-refractivity contribution in [3.8, 4) is 0 Å². The van der Waals surface area contributed by atoms with Gasteiger partial charge in [0.2, 0.25) is 0 Å². The molecule has 0 amide bonds. The van der Waals surface area contributed by atoms with E-state index in [9.17, 15) is 10.1 Å². The second kappa shape index (κ2) is 6.86. The number of hydrogen-bond donors (Lipinski definition) is 1. The van der Waals surface area contributed by atoms with Crippen molar-refractivity contribution in [3.63, 3.8) is 0 Å². The summed E-state index contributed by atoms with van der Waals surface area (Å²) < 4.78 is 0. The molecule has 1 aromatic rings. The van der Waals surface area contributed by atoms with E-state index in [2.05, 4.69) is 10.4 Å². The molecule has 1 N–H and O–H groups in total. The number of hydrogen-bond acceptors (Lipinski definition) is 6. The van der Waals surface area contributed by atoms with Crippen molar-refractivity contribution in [2.24, 2.45) is 0 Å². The zero-order chi connectivity index (χ0) is 12.8. The van der Waals surface area contributed by atoms with Crippen molar-refractivity contribution in [2.45, 2.75) is 6.42 Å². The second-order valence-corrected chi connectivity index (χ2v) is 6.03. The van der Waals surface area contributed by atoms with Crippen LogP contribution in [0.25, 0.3) is 0 Å². The predicted molar refractivity (Wildman–Crippen MR) is 77.8 cm³/mol.